The Balaban J connectivity index is 1.71. The van der Waals surface area contributed by atoms with Gasteiger partial charge in [0.05, 0.1) is 11.9 Å². The molecule has 1 fully saturated rings. The van der Waals surface area contributed by atoms with E-state index in [-0.39, 0.29) is 11.5 Å². The van der Waals surface area contributed by atoms with Gasteiger partial charge in [-0.3, -0.25) is 14.5 Å². The topological polar surface area (TPSA) is 82.4 Å². The van der Waals surface area contributed by atoms with Crippen molar-refractivity contribution in [1.82, 2.24) is 0 Å². The molecule has 1 N–H and O–H groups in total. The summed E-state index contributed by atoms with van der Waals surface area (Å²) in [7, 11) is 0. The molecule has 1 unspecified atom stereocenters. The third-order valence-corrected chi connectivity index (χ3v) is 7.07. The van der Waals surface area contributed by atoms with Crippen LogP contribution in [0.3, 0.4) is 0 Å². The maximum Gasteiger partial charge on any atom is 0.269 e. The normalized spacial score (nSPS) is 16.5. The fourth-order valence-electron chi connectivity index (χ4n) is 3.63. The zero-order chi connectivity index (χ0) is 24.8. The van der Waals surface area contributed by atoms with Crippen LogP contribution >= 0.6 is 27.7 Å². The van der Waals surface area contributed by atoms with Crippen molar-refractivity contribution in [2.24, 2.45) is 0 Å². The van der Waals surface area contributed by atoms with Crippen molar-refractivity contribution in [3.05, 3.63) is 99.5 Å². The summed E-state index contributed by atoms with van der Waals surface area (Å²) in [5.41, 5.74) is 2.01. The molecule has 6 nitrogen and oxygen atoms in total. The molecule has 0 saturated carbocycles. The molecule has 1 aliphatic heterocycles. The predicted molar refractivity (Wildman–Crippen MR) is 142 cm³/mol. The number of nitrogens with one attached hydrogen (secondary N) is 1. The van der Waals surface area contributed by atoms with Gasteiger partial charge in [0.1, 0.15) is 22.4 Å². The van der Waals surface area contributed by atoms with Gasteiger partial charge >= 0.3 is 0 Å². The molecule has 4 rings (SSSR count). The third kappa shape index (κ3) is 5.76. The fourth-order valence-corrected chi connectivity index (χ4v) is 5.20. The van der Waals surface area contributed by atoms with Crippen molar-refractivity contribution < 1.29 is 14.3 Å². The minimum Gasteiger partial charge on any atom is -0.494 e. The van der Waals surface area contributed by atoms with E-state index >= 15 is 0 Å². The van der Waals surface area contributed by atoms with E-state index < -0.39 is 11.2 Å². The monoisotopic (exact) mass is 547 g/mol. The minimum absolute atomic E-state index is 0.112. The second-order valence-corrected chi connectivity index (χ2v) is 9.76. The first-order valence-electron chi connectivity index (χ1n) is 11.0. The van der Waals surface area contributed by atoms with Gasteiger partial charge in [0, 0.05) is 15.8 Å². The molecule has 176 valence electrons. The molecular weight excluding hydrogens is 526 g/mol. The van der Waals surface area contributed by atoms with Gasteiger partial charge < -0.3 is 10.1 Å². The second kappa shape index (κ2) is 11.3. The van der Waals surface area contributed by atoms with E-state index in [9.17, 15) is 14.9 Å². The number of anilines is 2. The summed E-state index contributed by atoms with van der Waals surface area (Å²) in [5.74, 6) is -0.0682. The molecule has 35 heavy (non-hydrogen) atoms. The van der Waals surface area contributed by atoms with Gasteiger partial charge in [0.15, 0.2) is 0 Å². The van der Waals surface area contributed by atoms with Crippen LogP contribution in [0.4, 0.5) is 11.4 Å². The van der Waals surface area contributed by atoms with Crippen molar-refractivity contribution in [3.63, 3.8) is 0 Å². The number of hydrogen-bond donors (Lipinski definition) is 1. The maximum atomic E-state index is 13.6. The summed E-state index contributed by atoms with van der Waals surface area (Å²) in [5, 5.41) is 12.6. The van der Waals surface area contributed by atoms with Gasteiger partial charge in [-0.05, 0) is 67.4 Å². The number of hydrogen-bond acceptors (Lipinski definition) is 5. The van der Waals surface area contributed by atoms with E-state index in [1.165, 1.54) is 16.7 Å². The molecule has 3 aromatic carbocycles. The van der Waals surface area contributed by atoms with Crippen LogP contribution in [0.2, 0.25) is 0 Å². The summed E-state index contributed by atoms with van der Waals surface area (Å²) in [6.45, 7) is 2.42. The molecule has 0 radical (unpaired) electrons. The molecule has 0 aromatic heterocycles. The first-order valence-corrected chi connectivity index (χ1v) is 12.7. The third-order valence-electron chi connectivity index (χ3n) is 5.28. The lowest BCUT2D eigenvalue weighted by molar-refractivity contribution is -0.117. The van der Waals surface area contributed by atoms with Gasteiger partial charge in [-0.1, -0.05) is 58.0 Å². The fraction of sp³-hybridized carbons (Fsp3) is 0.148. The number of ether oxygens (including phenoxy) is 1. The molecule has 0 aliphatic carbocycles. The highest BCUT2D eigenvalue weighted by Crippen LogP contribution is 2.42. The van der Waals surface area contributed by atoms with Crippen LogP contribution in [0.25, 0.3) is 0 Å². The van der Waals surface area contributed by atoms with Gasteiger partial charge in [-0.15, -0.1) is 0 Å². The molecular formula is C27H22BrN3O3S. The number of carbonyl (C=O) groups excluding carboxylic acids is 2. The first-order chi connectivity index (χ1) is 17.0. The molecule has 1 aliphatic rings. The van der Waals surface area contributed by atoms with Crippen LogP contribution in [0.1, 0.15) is 12.5 Å². The van der Waals surface area contributed by atoms with E-state index in [0.29, 0.717) is 35.2 Å². The summed E-state index contributed by atoms with van der Waals surface area (Å²) in [6.07, 6.45) is 0.465. The second-order valence-electron chi connectivity index (χ2n) is 7.65. The van der Waals surface area contributed by atoms with Crippen molar-refractivity contribution in [2.75, 3.05) is 16.8 Å². The Morgan fingerprint density at radius 2 is 1.77 bits per heavy atom. The van der Waals surface area contributed by atoms with Crippen LogP contribution in [0, 0.1) is 11.3 Å². The predicted octanol–water partition coefficient (Wildman–Crippen LogP) is 5.91. The number of nitrogens with zero attached hydrogens (tertiary/aromatic N) is 2. The average Bonchev–Trinajstić information content (AvgIpc) is 3.17. The summed E-state index contributed by atoms with van der Waals surface area (Å²) in [6, 6.07) is 25.8. The average molecular weight is 548 g/mol. The number of benzene rings is 3. The van der Waals surface area contributed by atoms with Crippen LogP contribution < -0.4 is 15.0 Å². The standard InChI is InChI=1S/C27H22BrN3O3S/c1-2-34-22-14-12-21(13-15-22)31-26(33)24(16-18-8-10-19(28)11-9-18)35-27(31)23(17-29)25(32)30-20-6-4-3-5-7-20/h3-15,24H,2,16H2,1H3,(H,30,32)/b27-23-. The van der Waals surface area contributed by atoms with Gasteiger partial charge in [-0.2, -0.15) is 5.26 Å². The Morgan fingerprint density at radius 1 is 1.09 bits per heavy atom. The highest BCUT2D eigenvalue weighted by Gasteiger charge is 2.40. The Hall–Kier alpha value is -3.54. The van der Waals surface area contributed by atoms with E-state index in [2.05, 4.69) is 21.2 Å². The van der Waals surface area contributed by atoms with Gasteiger partial charge in [0.25, 0.3) is 5.91 Å². The molecule has 3 aromatic rings. The molecule has 1 atom stereocenters. The SMILES string of the molecule is CCOc1ccc(N2C(=O)C(Cc3ccc(Br)cc3)S/C2=C(/C#N)C(=O)Nc2ccccc2)cc1. The van der Waals surface area contributed by atoms with Gasteiger partial charge in [0.2, 0.25) is 5.91 Å². The number of carbonyl (C=O) groups is 2. The van der Waals surface area contributed by atoms with Crippen molar-refractivity contribution >= 4 is 50.9 Å². The number of thioether (sulfide) groups is 1. The first kappa shape index (κ1) is 24.6. The summed E-state index contributed by atoms with van der Waals surface area (Å²) in [4.78, 5) is 28.1. The van der Waals surface area contributed by atoms with Crippen LogP contribution in [-0.4, -0.2) is 23.7 Å². The number of halogens is 1. The summed E-state index contributed by atoms with van der Waals surface area (Å²) >= 11 is 4.67. The number of para-hydroxylation sites is 1. The molecule has 0 bridgehead atoms. The Morgan fingerprint density at radius 3 is 2.40 bits per heavy atom. The number of amides is 2. The molecule has 2 amide bonds. The number of nitriles is 1. The van der Waals surface area contributed by atoms with Gasteiger partial charge in [-0.25, -0.2) is 0 Å². The quantitative estimate of drug-likeness (QED) is 0.293. The van der Waals surface area contributed by atoms with Crippen LogP contribution in [0.5, 0.6) is 5.75 Å². The smallest absolute Gasteiger partial charge is 0.269 e. The van der Waals surface area contributed by atoms with Crippen molar-refractivity contribution in [3.8, 4) is 11.8 Å². The zero-order valence-corrected chi connectivity index (χ0v) is 21.3. The summed E-state index contributed by atoms with van der Waals surface area (Å²) < 4.78 is 6.47. The van der Waals surface area contributed by atoms with E-state index in [4.69, 9.17) is 4.74 Å². The van der Waals surface area contributed by atoms with Crippen LogP contribution in [-0.2, 0) is 16.0 Å². The lowest BCUT2D eigenvalue weighted by atomic mass is 10.1. The lowest BCUT2D eigenvalue weighted by Gasteiger charge is -2.19. The number of rotatable bonds is 7. The Bertz CT molecular complexity index is 1290. The molecule has 8 heteroatoms. The molecule has 1 heterocycles. The van der Waals surface area contributed by atoms with E-state index in [0.717, 1.165) is 10.0 Å². The highest BCUT2D eigenvalue weighted by atomic mass is 79.9. The largest absolute Gasteiger partial charge is 0.494 e. The molecule has 1 saturated heterocycles. The Kier molecular flexibility index (Phi) is 7.91. The molecule has 0 spiro atoms. The van der Waals surface area contributed by atoms with E-state index in [1.807, 2.05) is 43.3 Å². The Labute approximate surface area is 216 Å². The van der Waals surface area contributed by atoms with Crippen molar-refractivity contribution in [1.29, 1.82) is 5.26 Å². The lowest BCUT2D eigenvalue weighted by Crippen LogP contribution is -2.30. The van der Waals surface area contributed by atoms with E-state index in [1.54, 1.807) is 48.5 Å². The highest BCUT2D eigenvalue weighted by molar-refractivity contribution is 9.10. The van der Waals surface area contributed by atoms with Crippen molar-refractivity contribution in [2.45, 2.75) is 18.6 Å². The zero-order valence-electron chi connectivity index (χ0n) is 18.9. The van der Waals surface area contributed by atoms with Crippen LogP contribution in [0.15, 0.2) is 93.9 Å². The minimum atomic E-state index is -0.561. The maximum absolute atomic E-state index is 13.6.